The predicted octanol–water partition coefficient (Wildman–Crippen LogP) is 4.50. The van der Waals surface area contributed by atoms with E-state index in [1.165, 1.54) is 18.2 Å². The highest BCUT2D eigenvalue weighted by Gasteiger charge is 2.36. The molecule has 166 valence electrons. The van der Waals surface area contributed by atoms with Crippen LogP contribution in [0.25, 0.3) is 11.8 Å². The van der Waals surface area contributed by atoms with Gasteiger partial charge in [0, 0.05) is 17.6 Å². The summed E-state index contributed by atoms with van der Waals surface area (Å²) in [7, 11) is 0. The van der Waals surface area contributed by atoms with Crippen LogP contribution in [0.15, 0.2) is 71.8 Å². The molecule has 4 rings (SSSR count). The maximum Gasteiger partial charge on any atom is 0.335 e. The third-order valence-electron chi connectivity index (χ3n) is 4.75. The van der Waals surface area contributed by atoms with Crippen LogP contribution in [0.5, 0.6) is 0 Å². The number of hydrogen-bond donors (Lipinski definition) is 2. The minimum absolute atomic E-state index is 0.122. The number of aromatic nitrogens is 1. The Kier molecular flexibility index (Phi) is 6.34. The molecule has 2 N–H and O–H groups in total. The van der Waals surface area contributed by atoms with E-state index in [0.29, 0.717) is 22.1 Å². The molecule has 8 nitrogen and oxygen atoms in total. The van der Waals surface area contributed by atoms with Gasteiger partial charge in [-0.3, -0.25) is 19.3 Å². The number of carbonyl (C=O) groups excluding carboxylic acids is 3. The lowest BCUT2D eigenvalue weighted by atomic mass is 10.2. The predicted molar refractivity (Wildman–Crippen MR) is 125 cm³/mol. The summed E-state index contributed by atoms with van der Waals surface area (Å²) in [4.78, 5) is 49.9. The third kappa shape index (κ3) is 4.84. The monoisotopic (exact) mass is 481 g/mol. The van der Waals surface area contributed by atoms with Crippen LogP contribution >= 0.6 is 23.4 Å². The molecule has 3 amide bonds. The summed E-state index contributed by atoms with van der Waals surface area (Å²) >= 11 is 6.76. The average Bonchev–Trinajstić information content (AvgIpc) is 3.35. The lowest BCUT2D eigenvalue weighted by Crippen LogP contribution is -2.36. The Labute approximate surface area is 197 Å². The maximum atomic E-state index is 12.8. The van der Waals surface area contributed by atoms with Crippen LogP contribution in [0.3, 0.4) is 0 Å². The van der Waals surface area contributed by atoms with Crippen molar-refractivity contribution in [3.8, 4) is 5.69 Å². The first-order valence-corrected chi connectivity index (χ1v) is 10.8. The fraction of sp³-hybridized carbons (Fsp3) is 0.0435. The zero-order chi connectivity index (χ0) is 23.5. The Morgan fingerprint density at radius 2 is 1.85 bits per heavy atom. The molecule has 33 heavy (non-hydrogen) atoms. The molecule has 10 heteroatoms. The highest BCUT2D eigenvalue weighted by Crippen LogP contribution is 2.33. The Morgan fingerprint density at radius 3 is 2.61 bits per heavy atom. The fourth-order valence-electron chi connectivity index (χ4n) is 3.20. The van der Waals surface area contributed by atoms with Crippen molar-refractivity contribution in [1.82, 2.24) is 9.47 Å². The Balaban J connectivity index is 1.53. The number of thioether (sulfide) groups is 1. The first kappa shape index (κ1) is 22.4. The van der Waals surface area contributed by atoms with E-state index in [0.717, 1.165) is 16.7 Å². The minimum atomic E-state index is -1.05. The molecular formula is C23H16ClN3O5S. The van der Waals surface area contributed by atoms with Crippen LogP contribution in [0.4, 0.5) is 10.5 Å². The smallest absolute Gasteiger partial charge is 0.335 e. The van der Waals surface area contributed by atoms with E-state index in [1.54, 1.807) is 59.3 Å². The van der Waals surface area contributed by atoms with Crippen molar-refractivity contribution in [3.63, 3.8) is 0 Å². The SMILES string of the molecule is O=C(CN1C(=O)SC(=Cc2cccn2-c2cccc(C(=O)O)c2)C1=O)Nc1ccccc1Cl. The number of aromatic carboxylic acids is 1. The molecule has 0 radical (unpaired) electrons. The molecule has 0 aliphatic carbocycles. The van der Waals surface area contributed by atoms with Crippen LogP contribution in [0.2, 0.25) is 5.02 Å². The normalized spacial score (nSPS) is 14.7. The Morgan fingerprint density at radius 1 is 1.06 bits per heavy atom. The molecule has 0 atom stereocenters. The summed E-state index contributed by atoms with van der Waals surface area (Å²) in [6.45, 7) is -0.450. The second-order valence-corrected chi connectivity index (χ2v) is 8.35. The lowest BCUT2D eigenvalue weighted by Gasteiger charge is -2.13. The second kappa shape index (κ2) is 9.35. The van der Waals surface area contributed by atoms with Gasteiger partial charge < -0.3 is 15.0 Å². The summed E-state index contributed by atoms with van der Waals surface area (Å²) in [5.74, 6) is -2.20. The fourth-order valence-corrected chi connectivity index (χ4v) is 4.21. The van der Waals surface area contributed by atoms with Crippen LogP contribution in [-0.4, -0.2) is 44.1 Å². The Hall–Kier alpha value is -3.82. The molecule has 0 saturated carbocycles. The minimum Gasteiger partial charge on any atom is -0.478 e. The van der Waals surface area contributed by atoms with Crippen molar-refractivity contribution in [2.45, 2.75) is 0 Å². The summed E-state index contributed by atoms with van der Waals surface area (Å²) in [6, 6.07) is 16.4. The van der Waals surface area contributed by atoms with Gasteiger partial charge in [0.2, 0.25) is 5.91 Å². The van der Waals surface area contributed by atoms with Gasteiger partial charge in [0.05, 0.1) is 21.2 Å². The van der Waals surface area contributed by atoms with Crippen LogP contribution < -0.4 is 5.32 Å². The van der Waals surface area contributed by atoms with Crippen molar-refractivity contribution < 1.29 is 24.3 Å². The van der Waals surface area contributed by atoms with Gasteiger partial charge in [0.15, 0.2) is 0 Å². The van der Waals surface area contributed by atoms with Crippen LogP contribution in [0.1, 0.15) is 16.1 Å². The summed E-state index contributed by atoms with van der Waals surface area (Å²) in [5.41, 5.74) is 1.66. The molecule has 1 saturated heterocycles. The van der Waals surface area contributed by atoms with Gasteiger partial charge in [-0.2, -0.15) is 0 Å². The van der Waals surface area contributed by atoms with E-state index in [9.17, 15) is 24.3 Å². The highest BCUT2D eigenvalue weighted by molar-refractivity contribution is 8.18. The molecule has 2 aromatic carbocycles. The number of anilines is 1. The zero-order valence-corrected chi connectivity index (χ0v) is 18.5. The third-order valence-corrected chi connectivity index (χ3v) is 5.99. The number of imide groups is 1. The molecule has 1 aromatic heterocycles. The molecule has 2 heterocycles. The van der Waals surface area contributed by atoms with Crippen molar-refractivity contribution in [2.24, 2.45) is 0 Å². The van der Waals surface area contributed by atoms with Gasteiger partial charge >= 0.3 is 5.97 Å². The molecule has 1 aliphatic rings. The van der Waals surface area contributed by atoms with E-state index in [1.807, 2.05) is 0 Å². The van der Waals surface area contributed by atoms with Crippen molar-refractivity contribution in [2.75, 3.05) is 11.9 Å². The number of carbonyl (C=O) groups is 4. The first-order valence-electron chi connectivity index (χ1n) is 9.64. The van der Waals surface area contributed by atoms with E-state index >= 15 is 0 Å². The molecule has 1 aliphatic heterocycles. The number of carboxylic acids is 1. The number of benzene rings is 2. The number of halogens is 1. The topological polar surface area (TPSA) is 109 Å². The first-order chi connectivity index (χ1) is 15.8. The van der Waals surface area contributed by atoms with Gasteiger partial charge in [-0.15, -0.1) is 0 Å². The van der Waals surface area contributed by atoms with Crippen LogP contribution in [0, 0.1) is 0 Å². The van der Waals surface area contributed by atoms with Crippen molar-refractivity contribution in [1.29, 1.82) is 0 Å². The van der Waals surface area contributed by atoms with E-state index < -0.39 is 29.6 Å². The number of nitrogens with zero attached hydrogens (tertiary/aromatic N) is 2. The number of rotatable bonds is 6. The van der Waals surface area contributed by atoms with E-state index in [4.69, 9.17) is 11.6 Å². The summed E-state index contributed by atoms with van der Waals surface area (Å²) in [6.07, 6.45) is 3.25. The number of nitrogens with one attached hydrogen (secondary N) is 1. The van der Waals surface area contributed by atoms with Gasteiger partial charge in [-0.25, -0.2) is 4.79 Å². The largest absolute Gasteiger partial charge is 0.478 e. The lowest BCUT2D eigenvalue weighted by molar-refractivity contribution is -0.127. The number of hydrogen-bond acceptors (Lipinski definition) is 5. The molecule has 3 aromatic rings. The molecular weight excluding hydrogens is 466 g/mol. The van der Waals surface area contributed by atoms with Crippen molar-refractivity contribution >= 4 is 58.1 Å². The number of para-hydroxylation sites is 1. The van der Waals surface area contributed by atoms with Gasteiger partial charge in [-0.1, -0.05) is 29.8 Å². The number of amides is 3. The summed E-state index contributed by atoms with van der Waals surface area (Å²) in [5, 5.41) is 11.6. The zero-order valence-electron chi connectivity index (χ0n) is 16.9. The van der Waals surface area contributed by atoms with E-state index in [2.05, 4.69) is 5.32 Å². The van der Waals surface area contributed by atoms with E-state index in [-0.39, 0.29) is 10.5 Å². The van der Waals surface area contributed by atoms with Crippen molar-refractivity contribution in [3.05, 3.63) is 88.0 Å². The molecule has 0 bridgehead atoms. The maximum absolute atomic E-state index is 12.8. The quantitative estimate of drug-likeness (QED) is 0.502. The van der Waals surface area contributed by atoms with Gasteiger partial charge in [0.1, 0.15) is 6.54 Å². The summed E-state index contributed by atoms with van der Waals surface area (Å²) < 4.78 is 1.70. The molecule has 0 spiro atoms. The number of carboxylic acid groups (broad SMARTS) is 1. The van der Waals surface area contributed by atoms with Gasteiger partial charge in [-0.05, 0) is 60.3 Å². The molecule has 0 unspecified atom stereocenters. The standard InChI is InChI=1S/C23H16ClN3O5S/c24-17-8-1-2-9-18(17)25-20(28)13-27-21(29)19(33-23(27)32)12-16-7-4-10-26(16)15-6-3-5-14(11-15)22(30)31/h1-12H,13H2,(H,25,28)(H,30,31). The highest BCUT2D eigenvalue weighted by atomic mass is 35.5. The average molecular weight is 482 g/mol. The van der Waals surface area contributed by atoms with Gasteiger partial charge in [0.25, 0.3) is 11.1 Å². The molecule has 1 fully saturated rings. The Bertz CT molecular complexity index is 1320. The van der Waals surface area contributed by atoms with Crippen LogP contribution in [-0.2, 0) is 9.59 Å². The second-order valence-electron chi connectivity index (χ2n) is 6.95.